The van der Waals surface area contributed by atoms with Crippen LogP contribution in [0.1, 0.15) is 25.3 Å². The van der Waals surface area contributed by atoms with Crippen LogP contribution in [0.5, 0.6) is 0 Å². The molecule has 1 aromatic carbocycles. The second-order valence-electron chi connectivity index (χ2n) is 4.76. The van der Waals surface area contributed by atoms with Crippen LogP contribution in [0, 0.1) is 5.82 Å². The van der Waals surface area contributed by atoms with Crippen molar-refractivity contribution in [2.75, 3.05) is 19.6 Å². The molecule has 18 heavy (non-hydrogen) atoms. The fourth-order valence-corrected chi connectivity index (χ4v) is 2.84. The third kappa shape index (κ3) is 3.22. The van der Waals surface area contributed by atoms with E-state index in [1.165, 1.54) is 25.5 Å². The van der Waals surface area contributed by atoms with E-state index >= 15 is 0 Å². The van der Waals surface area contributed by atoms with Gasteiger partial charge < -0.3 is 5.32 Å². The van der Waals surface area contributed by atoms with Crippen molar-refractivity contribution >= 4 is 11.6 Å². The number of likely N-dealkylation sites (tertiary alicyclic amines) is 1. The van der Waals surface area contributed by atoms with E-state index in [0.717, 1.165) is 13.1 Å². The van der Waals surface area contributed by atoms with Crippen LogP contribution in [0.3, 0.4) is 0 Å². The van der Waals surface area contributed by atoms with Gasteiger partial charge in [-0.1, -0.05) is 24.6 Å². The minimum atomic E-state index is -0.228. The predicted molar refractivity (Wildman–Crippen MR) is 73.4 cm³/mol. The van der Waals surface area contributed by atoms with Gasteiger partial charge in [-0.15, -0.1) is 0 Å². The van der Waals surface area contributed by atoms with Crippen molar-refractivity contribution in [1.82, 2.24) is 10.2 Å². The summed E-state index contributed by atoms with van der Waals surface area (Å²) in [7, 11) is 0. The number of rotatable bonds is 5. The van der Waals surface area contributed by atoms with Crippen molar-refractivity contribution in [3.8, 4) is 0 Å². The first kappa shape index (κ1) is 13.8. The topological polar surface area (TPSA) is 15.3 Å². The van der Waals surface area contributed by atoms with Gasteiger partial charge >= 0.3 is 0 Å². The smallest absolute Gasteiger partial charge is 0.129 e. The van der Waals surface area contributed by atoms with Crippen LogP contribution in [0.15, 0.2) is 18.2 Å². The van der Waals surface area contributed by atoms with Crippen LogP contribution in [0.2, 0.25) is 5.02 Å². The van der Waals surface area contributed by atoms with Crippen LogP contribution >= 0.6 is 11.6 Å². The molecule has 0 aliphatic carbocycles. The third-order valence-corrected chi connectivity index (χ3v) is 4.00. The Morgan fingerprint density at radius 1 is 1.50 bits per heavy atom. The molecule has 4 heteroatoms. The van der Waals surface area contributed by atoms with Crippen LogP contribution in [-0.2, 0) is 6.54 Å². The highest BCUT2D eigenvalue weighted by Crippen LogP contribution is 2.19. The van der Waals surface area contributed by atoms with Crippen molar-refractivity contribution < 1.29 is 4.39 Å². The lowest BCUT2D eigenvalue weighted by Crippen LogP contribution is -2.37. The minimum absolute atomic E-state index is 0.228. The number of hydrogen-bond donors (Lipinski definition) is 1. The zero-order valence-corrected chi connectivity index (χ0v) is 11.5. The molecule has 1 aliphatic heterocycles. The van der Waals surface area contributed by atoms with Gasteiger partial charge in [-0.2, -0.15) is 0 Å². The molecule has 1 fully saturated rings. The van der Waals surface area contributed by atoms with E-state index in [1.807, 2.05) is 0 Å². The minimum Gasteiger partial charge on any atom is -0.311 e. The number of benzene rings is 1. The number of hydrogen-bond acceptors (Lipinski definition) is 2. The van der Waals surface area contributed by atoms with Crippen molar-refractivity contribution in [3.05, 3.63) is 34.6 Å². The third-order valence-electron chi connectivity index (χ3n) is 3.65. The summed E-state index contributed by atoms with van der Waals surface area (Å²) in [4.78, 5) is 2.47. The maximum absolute atomic E-state index is 13.6. The maximum atomic E-state index is 13.6. The second kappa shape index (κ2) is 6.50. The first-order valence-corrected chi connectivity index (χ1v) is 6.97. The summed E-state index contributed by atoms with van der Waals surface area (Å²) in [6.07, 6.45) is 2.49. The fourth-order valence-electron chi connectivity index (χ4n) is 2.61. The zero-order chi connectivity index (χ0) is 13.0. The lowest BCUT2D eigenvalue weighted by atomic mass is 10.2. The van der Waals surface area contributed by atoms with E-state index in [0.29, 0.717) is 23.2 Å². The van der Waals surface area contributed by atoms with E-state index in [2.05, 4.69) is 17.1 Å². The molecule has 0 aromatic heterocycles. The van der Waals surface area contributed by atoms with Crippen LogP contribution in [0.4, 0.5) is 4.39 Å². The summed E-state index contributed by atoms with van der Waals surface area (Å²) in [5.74, 6) is -0.228. The van der Waals surface area contributed by atoms with Crippen molar-refractivity contribution in [2.45, 2.75) is 32.4 Å². The summed E-state index contributed by atoms with van der Waals surface area (Å²) in [5.41, 5.74) is 0.570. The van der Waals surface area contributed by atoms with Gasteiger partial charge in [0.05, 0.1) is 0 Å². The van der Waals surface area contributed by atoms with Crippen molar-refractivity contribution in [2.24, 2.45) is 0 Å². The molecule has 0 unspecified atom stereocenters. The average Bonchev–Trinajstić information content (AvgIpc) is 2.80. The highest BCUT2D eigenvalue weighted by atomic mass is 35.5. The molecule has 1 aromatic rings. The Kier molecular flexibility index (Phi) is 4.98. The highest BCUT2D eigenvalue weighted by molar-refractivity contribution is 6.31. The lowest BCUT2D eigenvalue weighted by molar-refractivity contribution is 0.259. The summed E-state index contributed by atoms with van der Waals surface area (Å²) in [5, 5.41) is 3.82. The van der Waals surface area contributed by atoms with Gasteiger partial charge in [-0.3, -0.25) is 4.90 Å². The predicted octanol–water partition coefficient (Wildman–Crippen LogP) is 3.05. The summed E-state index contributed by atoms with van der Waals surface area (Å²) in [6, 6.07) is 5.41. The molecule has 0 saturated carbocycles. The van der Waals surface area contributed by atoms with Gasteiger partial charge in [-0.25, -0.2) is 4.39 Å². The molecule has 0 spiro atoms. The Hall–Kier alpha value is -0.640. The van der Waals surface area contributed by atoms with Crippen LogP contribution < -0.4 is 5.32 Å². The lowest BCUT2D eigenvalue weighted by Gasteiger charge is -2.23. The molecule has 0 radical (unpaired) electrons. The van der Waals surface area contributed by atoms with E-state index in [4.69, 9.17) is 11.6 Å². The van der Waals surface area contributed by atoms with Gasteiger partial charge in [0.2, 0.25) is 0 Å². The second-order valence-corrected chi connectivity index (χ2v) is 5.16. The van der Waals surface area contributed by atoms with E-state index < -0.39 is 0 Å². The molecule has 100 valence electrons. The van der Waals surface area contributed by atoms with Gasteiger partial charge in [0.25, 0.3) is 0 Å². The molecule has 1 heterocycles. The van der Waals surface area contributed by atoms with E-state index in [-0.39, 0.29) is 5.82 Å². The normalized spacial score (nSPS) is 20.5. The maximum Gasteiger partial charge on any atom is 0.129 e. The molecule has 0 amide bonds. The number of nitrogens with zero attached hydrogens (tertiary/aromatic N) is 1. The summed E-state index contributed by atoms with van der Waals surface area (Å²) in [6.45, 7) is 5.86. The standard InChI is InChI=1S/C14H20ClFN2/c1-2-18-8-4-5-11(18)9-17-10-12-13(15)6-3-7-14(12)16/h3,6-7,11,17H,2,4-5,8-10H2,1H3/t11-/m1/s1. The van der Waals surface area contributed by atoms with Gasteiger partial charge in [0, 0.05) is 29.7 Å². The van der Waals surface area contributed by atoms with Crippen LogP contribution in [0.25, 0.3) is 0 Å². The molecule has 2 nitrogen and oxygen atoms in total. The first-order valence-electron chi connectivity index (χ1n) is 6.60. The SMILES string of the molecule is CCN1CCC[C@@H]1CNCc1c(F)cccc1Cl. The molecule has 1 N–H and O–H groups in total. The fraction of sp³-hybridized carbons (Fsp3) is 0.571. The van der Waals surface area contributed by atoms with Crippen molar-refractivity contribution in [3.63, 3.8) is 0 Å². The monoisotopic (exact) mass is 270 g/mol. The largest absolute Gasteiger partial charge is 0.311 e. The van der Waals surface area contributed by atoms with Crippen molar-refractivity contribution in [1.29, 1.82) is 0 Å². The van der Waals surface area contributed by atoms with Crippen LogP contribution in [-0.4, -0.2) is 30.6 Å². The molecule has 0 bridgehead atoms. The Bertz CT molecular complexity index is 377. The molecular formula is C14H20ClFN2. The Balaban J connectivity index is 1.85. The molecule has 2 rings (SSSR count). The Morgan fingerprint density at radius 2 is 2.33 bits per heavy atom. The van der Waals surface area contributed by atoms with Gasteiger partial charge in [0.15, 0.2) is 0 Å². The Labute approximate surface area is 113 Å². The number of halogens is 2. The quantitative estimate of drug-likeness (QED) is 0.885. The molecule has 1 saturated heterocycles. The Morgan fingerprint density at radius 3 is 3.06 bits per heavy atom. The zero-order valence-electron chi connectivity index (χ0n) is 10.8. The van der Waals surface area contributed by atoms with Gasteiger partial charge in [-0.05, 0) is 38.1 Å². The van der Waals surface area contributed by atoms with E-state index in [1.54, 1.807) is 12.1 Å². The molecular weight excluding hydrogens is 251 g/mol. The van der Waals surface area contributed by atoms with E-state index in [9.17, 15) is 4.39 Å². The average molecular weight is 271 g/mol. The number of likely N-dealkylation sites (N-methyl/N-ethyl adjacent to an activating group) is 1. The first-order chi connectivity index (χ1) is 8.72. The molecule has 1 aliphatic rings. The highest BCUT2D eigenvalue weighted by Gasteiger charge is 2.22. The summed E-state index contributed by atoms with van der Waals surface area (Å²) < 4.78 is 13.6. The summed E-state index contributed by atoms with van der Waals surface area (Å²) >= 11 is 5.99. The number of nitrogens with one attached hydrogen (secondary N) is 1. The molecule has 1 atom stereocenters. The van der Waals surface area contributed by atoms with Gasteiger partial charge in [0.1, 0.15) is 5.82 Å².